The van der Waals surface area contributed by atoms with E-state index >= 15 is 0 Å². The molecule has 2 aromatic carbocycles. The van der Waals surface area contributed by atoms with Crippen molar-refractivity contribution < 1.29 is 23.1 Å². The molecule has 0 aromatic heterocycles. The zero-order valence-electron chi connectivity index (χ0n) is 15.1. The second kappa shape index (κ2) is 8.29. The van der Waals surface area contributed by atoms with Crippen LogP contribution in [0.15, 0.2) is 36.4 Å². The lowest BCUT2D eigenvalue weighted by Gasteiger charge is -2.17. The number of esters is 1. The highest BCUT2D eigenvalue weighted by molar-refractivity contribution is 5.95. The molecule has 0 saturated carbocycles. The maximum atomic E-state index is 13.6. The number of ether oxygens (including phenoxy) is 1. The van der Waals surface area contributed by atoms with E-state index in [9.17, 15) is 18.4 Å². The molecule has 142 valence electrons. The second-order valence-corrected chi connectivity index (χ2v) is 6.73. The van der Waals surface area contributed by atoms with Crippen molar-refractivity contribution in [3.8, 4) is 0 Å². The highest BCUT2D eigenvalue weighted by Crippen LogP contribution is 2.22. The van der Waals surface area contributed by atoms with Crippen molar-refractivity contribution in [2.45, 2.75) is 45.1 Å². The molecule has 0 aliphatic heterocycles. The molecule has 0 unspecified atom stereocenters. The predicted molar refractivity (Wildman–Crippen MR) is 97.3 cm³/mol. The molecule has 6 heteroatoms. The maximum absolute atomic E-state index is 13.6. The number of carbonyl (C=O) groups is 2. The third kappa shape index (κ3) is 4.90. The summed E-state index contributed by atoms with van der Waals surface area (Å²) in [5.41, 5.74) is 3.27. The van der Waals surface area contributed by atoms with Gasteiger partial charge in [-0.2, -0.15) is 0 Å². The van der Waals surface area contributed by atoms with E-state index in [1.165, 1.54) is 24.5 Å². The first kappa shape index (κ1) is 19.0. The summed E-state index contributed by atoms with van der Waals surface area (Å²) in [5.74, 6) is -2.85. The normalized spacial score (nSPS) is 14.2. The molecular weight excluding hydrogens is 352 g/mol. The van der Waals surface area contributed by atoms with Crippen LogP contribution >= 0.6 is 0 Å². The van der Waals surface area contributed by atoms with Crippen molar-refractivity contribution in [3.63, 3.8) is 0 Å². The SMILES string of the molecule is C[C@H](OC(=O)Cc1ccc2c(c1)CCCC2)C(=O)Nc1ccc(F)cc1F. The number of aryl methyl sites for hydroxylation is 2. The van der Waals surface area contributed by atoms with Crippen molar-refractivity contribution in [3.05, 3.63) is 64.7 Å². The van der Waals surface area contributed by atoms with Crippen LogP contribution in [0.2, 0.25) is 0 Å². The Morgan fingerprint density at radius 1 is 1.07 bits per heavy atom. The van der Waals surface area contributed by atoms with Gasteiger partial charge in [-0.15, -0.1) is 0 Å². The molecule has 0 saturated heterocycles. The van der Waals surface area contributed by atoms with Crippen molar-refractivity contribution >= 4 is 17.6 Å². The van der Waals surface area contributed by atoms with Crippen molar-refractivity contribution in [2.24, 2.45) is 0 Å². The molecule has 3 rings (SSSR count). The molecule has 0 bridgehead atoms. The van der Waals surface area contributed by atoms with Crippen molar-refractivity contribution in [2.75, 3.05) is 5.32 Å². The van der Waals surface area contributed by atoms with Crippen LogP contribution in [0.3, 0.4) is 0 Å². The Labute approximate surface area is 156 Å². The van der Waals surface area contributed by atoms with Crippen molar-refractivity contribution in [1.29, 1.82) is 0 Å². The lowest BCUT2D eigenvalue weighted by atomic mass is 9.90. The first-order valence-electron chi connectivity index (χ1n) is 8.98. The molecule has 2 aromatic rings. The summed E-state index contributed by atoms with van der Waals surface area (Å²) in [5, 5.41) is 2.29. The topological polar surface area (TPSA) is 55.4 Å². The standard InChI is InChI=1S/C21H21F2NO3/c1-13(21(26)24-19-9-8-17(22)12-18(19)23)27-20(25)11-14-6-7-15-4-2-3-5-16(15)10-14/h6-10,12-13H,2-5,11H2,1H3,(H,24,26)/t13-/m0/s1. The molecule has 0 radical (unpaired) electrons. The Bertz CT molecular complexity index is 867. The van der Waals surface area contributed by atoms with Gasteiger partial charge in [-0.3, -0.25) is 9.59 Å². The smallest absolute Gasteiger partial charge is 0.311 e. The number of hydrogen-bond acceptors (Lipinski definition) is 3. The average molecular weight is 373 g/mol. The molecule has 27 heavy (non-hydrogen) atoms. The van der Waals surface area contributed by atoms with Crippen LogP contribution in [0.5, 0.6) is 0 Å². The van der Waals surface area contributed by atoms with Crippen molar-refractivity contribution in [1.82, 2.24) is 0 Å². The van der Waals surface area contributed by atoms with Gasteiger partial charge in [-0.05, 0) is 61.4 Å². The fourth-order valence-corrected chi connectivity index (χ4v) is 3.18. The Kier molecular flexibility index (Phi) is 5.84. The average Bonchev–Trinajstić information content (AvgIpc) is 2.63. The number of carbonyl (C=O) groups excluding carboxylic acids is 2. The molecule has 1 N–H and O–H groups in total. The van der Waals surface area contributed by atoms with Gasteiger partial charge in [0.2, 0.25) is 0 Å². The van der Waals surface area contributed by atoms with Gasteiger partial charge in [0.1, 0.15) is 11.6 Å². The van der Waals surface area contributed by atoms with E-state index in [0.29, 0.717) is 6.07 Å². The minimum absolute atomic E-state index is 0.0653. The summed E-state index contributed by atoms with van der Waals surface area (Å²) in [6, 6.07) is 8.79. The first-order chi connectivity index (χ1) is 12.9. The van der Waals surface area contributed by atoms with Crippen LogP contribution in [0.1, 0.15) is 36.5 Å². The lowest BCUT2D eigenvalue weighted by molar-refractivity contribution is -0.152. The molecular formula is C21H21F2NO3. The molecule has 4 nitrogen and oxygen atoms in total. The maximum Gasteiger partial charge on any atom is 0.311 e. The number of fused-ring (bicyclic) bond motifs is 1. The lowest BCUT2D eigenvalue weighted by Crippen LogP contribution is -2.30. The summed E-state index contributed by atoms with van der Waals surface area (Å²) < 4.78 is 31.7. The minimum atomic E-state index is -1.10. The Morgan fingerprint density at radius 2 is 1.81 bits per heavy atom. The predicted octanol–water partition coefficient (Wildman–Crippen LogP) is 3.96. The zero-order valence-corrected chi connectivity index (χ0v) is 15.1. The van der Waals surface area contributed by atoms with Crippen LogP contribution in [0, 0.1) is 11.6 Å². The van der Waals surface area contributed by atoms with E-state index in [1.54, 1.807) is 0 Å². The zero-order chi connectivity index (χ0) is 19.4. The number of rotatable bonds is 5. The third-order valence-electron chi connectivity index (χ3n) is 4.63. The molecule has 1 amide bonds. The number of anilines is 1. The van der Waals surface area contributed by atoms with E-state index in [4.69, 9.17) is 4.74 Å². The molecule has 0 fully saturated rings. The van der Waals surface area contributed by atoms with Crippen LogP contribution in [0.25, 0.3) is 0 Å². The molecule has 0 heterocycles. The summed E-state index contributed by atoms with van der Waals surface area (Å²) in [4.78, 5) is 24.2. The number of nitrogens with one attached hydrogen (secondary N) is 1. The highest BCUT2D eigenvalue weighted by atomic mass is 19.1. The Hall–Kier alpha value is -2.76. The minimum Gasteiger partial charge on any atom is -0.452 e. The number of amides is 1. The third-order valence-corrected chi connectivity index (χ3v) is 4.63. The number of hydrogen-bond donors (Lipinski definition) is 1. The van der Waals surface area contributed by atoms with Gasteiger partial charge in [0.15, 0.2) is 6.10 Å². The fourth-order valence-electron chi connectivity index (χ4n) is 3.18. The van der Waals surface area contributed by atoms with Gasteiger partial charge in [0.05, 0.1) is 12.1 Å². The Morgan fingerprint density at radius 3 is 2.56 bits per heavy atom. The summed E-state index contributed by atoms with van der Waals surface area (Å²) >= 11 is 0. The van der Waals surface area contributed by atoms with Gasteiger partial charge in [-0.1, -0.05) is 18.2 Å². The van der Waals surface area contributed by atoms with Crippen LogP contribution in [0.4, 0.5) is 14.5 Å². The van der Waals surface area contributed by atoms with Gasteiger partial charge in [-0.25, -0.2) is 8.78 Å². The molecule has 0 spiro atoms. The second-order valence-electron chi connectivity index (χ2n) is 6.73. The van der Waals surface area contributed by atoms with Crippen LogP contribution in [-0.2, 0) is 33.6 Å². The molecule has 1 aliphatic carbocycles. The largest absolute Gasteiger partial charge is 0.452 e. The van der Waals surface area contributed by atoms with E-state index in [0.717, 1.165) is 37.0 Å². The van der Waals surface area contributed by atoms with Gasteiger partial charge < -0.3 is 10.1 Å². The van der Waals surface area contributed by atoms with E-state index in [1.807, 2.05) is 18.2 Å². The molecule has 1 aliphatic rings. The number of benzene rings is 2. The highest BCUT2D eigenvalue weighted by Gasteiger charge is 2.20. The quantitative estimate of drug-likeness (QED) is 0.808. The molecule has 1 atom stereocenters. The van der Waals surface area contributed by atoms with Gasteiger partial charge in [0, 0.05) is 6.07 Å². The summed E-state index contributed by atoms with van der Waals surface area (Å²) in [6.07, 6.45) is 3.39. The van der Waals surface area contributed by atoms with E-state index in [2.05, 4.69) is 5.32 Å². The van der Waals surface area contributed by atoms with E-state index < -0.39 is 29.6 Å². The fraction of sp³-hybridized carbons (Fsp3) is 0.333. The number of halogens is 2. The summed E-state index contributed by atoms with van der Waals surface area (Å²) in [7, 11) is 0. The van der Waals surface area contributed by atoms with E-state index in [-0.39, 0.29) is 12.1 Å². The Balaban J connectivity index is 1.56. The summed E-state index contributed by atoms with van der Waals surface area (Å²) in [6.45, 7) is 1.40. The van der Waals surface area contributed by atoms with Gasteiger partial charge >= 0.3 is 5.97 Å². The van der Waals surface area contributed by atoms with Crippen LogP contribution < -0.4 is 5.32 Å². The monoisotopic (exact) mass is 373 g/mol. The first-order valence-corrected chi connectivity index (χ1v) is 8.98. The van der Waals surface area contributed by atoms with Crippen LogP contribution in [-0.4, -0.2) is 18.0 Å². The van der Waals surface area contributed by atoms with Gasteiger partial charge in [0.25, 0.3) is 5.91 Å².